The van der Waals surface area contributed by atoms with Crippen molar-refractivity contribution in [3.8, 4) is 0 Å². The molecule has 0 amide bonds. The minimum absolute atomic E-state index is 0.273. The van der Waals surface area contributed by atoms with Gasteiger partial charge in [0.15, 0.2) is 12.0 Å². The summed E-state index contributed by atoms with van der Waals surface area (Å²) in [5.74, 6) is 1.52. The highest BCUT2D eigenvalue weighted by Gasteiger charge is 2.02. The third-order valence-corrected chi connectivity index (χ3v) is 2.45. The van der Waals surface area contributed by atoms with Crippen LogP contribution in [-0.4, -0.2) is 19.9 Å². The third-order valence-electron chi connectivity index (χ3n) is 2.45. The van der Waals surface area contributed by atoms with Gasteiger partial charge in [-0.1, -0.05) is 6.57 Å². The predicted molar refractivity (Wildman–Crippen MR) is 67.7 cm³/mol. The lowest BCUT2D eigenvalue weighted by Crippen LogP contribution is -1.95. The summed E-state index contributed by atoms with van der Waals surface area (Å²) < 4.78 is 0. The van der Waals surface area contributed by atoms with E-state index in [1.807, 2.05) is 18.3 Å². The van der Waals surface area contributed by atoms with Crippen LogP contribution in [0.25, 0.3) is 15.7 Å². The minimum atomic E-state index is 0.273. The maximum atomic E-state index is 6.79. The van der Waals surface area contributed by atoms with Gasteiger partial charge >= 0.3 is 0 Å². The van der Waals surface area contributed by atoms with Gasteiger partial charge in [0.05, 0.1) is 17.9 Å². The van der Waals surface area contributed by atoms with Crippen molar-refractivity contribution in [2.75, 3.05) is 5.32 Å². The Morgan fingerprint density at radius 2 is 2.00 bits per heavy atom. The van der Waals surface area contributed by atoms with E-state index < -0.39 is 0 Å². The summed E-state index contributed by atoms with van der Waals surface area (Å²) in [6.07, 6.45) is 6.54. The van der Waals surface area contributed by atoms with Gasteiger partial charge in [-0.2, -0.15) is 0 Å². The van der Waals surface area contributed by atoms with Crippen molar-refractivity contribution >= 4 is 28.4 Å². The Bertz CT molecular complexity index is 722. The number of aromatic nitrogens is 4. The molecule has 0 bridgehead atoms. The topological polar surface area (TPSA) is 70.8 Å². The second-order valence-electron chi connectivity index (χ2n) is 3.63. The van der Waals surface area contributed by atoms with Crippen LogP contribution >= 0.6 is 0 Å². The van der Waals surface area contributed by atoms with Crippen molar-refractivity contribution < 1.29 is 0 Å². The first-order chi connectivity index (χ1) is 8.85. The number of fused-ring (bicyclic) bond motifs is 1. The van der Waals surface area contributed by atoms with Gasteiger partial charge < -0.3 is 15.1 Å². The summed E-state index contributed by atoms with van der Waals surface area (Å²) in [5, 5.41) is 4.10. The average molecular weight is 236 g/mol. The number of H-pyrrole nitrogens is 1. The van der Waals surface area contributed by atoms with Crippen LogP contribution < -0.4 is 5.32 Å². The highest BCUT2D eigenvalue weighted by Crippen LogP contribution is 2.18. The molecular weight excluding hydrogens is 228 g/mol. The van der Waals surface area contributed by atoms with E-state index in [-0.39, 0.29) is 5.82 Å². The molecule has 3 aromatic rings. The molecule has 0 atom stereocenters. The molecule has 0 fully saturated rings. The van der Waals surface area contributed by atoms with Gasteiger partial charge in [-0.15, -0.1) is 4.98 Å². The monoisotopic (exact) mass is 236 g/mol. The van der Waals surface area contributed by atoms with E-state index in [0.29, 0.717) is 11.6 Å². The van der Waals surface area contributed by atoms with Gasteiger partial charge in [0.2, 0.25) is 0 Å². The molecule has 0 unspecified atom stereocenters. The van der Waals surface area contributed by atoms with Crippen molar-refractivity contribution in [2.24, 2.45) is 0 Å². The Hall–Kier alpha value is -2.94. The zero-order valence-electron chi connectivity index (χ0n) is 9.25. The highest BCUT2D eigenvalue weighted by molar-refractivity contribution is 5.81. The van der Waals surface area contributed by atoms with E-state index in [1.54, 1.807) is 6.20 Å². The van der Waals surface area contributed by atoms with Crippen LogP contribution in [0.1, 0.15) is 0 Å². The van der Waals surface area contributed by atoms with Gasteiger partial charge in [0.1, 0.15) is 5.82 Å². The second-order valence-corrected chi connectivity index (χ2v) is 3.63. The molecule has 6 heteroatoms. The van der Waals surface area contributed by atoms with Gasteiger partial charge in [0, 0.05) is 11.6 Å². The summed E-state index contributed by atoms with van der Waals surface area (Å²) in [5.41, 5.74) is 0.981. The Kier molecular flexibility index (Phi) is 2.35. The summed E-state index contributed by atoms with van der Waals surface area (Å²) in [4.78, 5) is 18.5. The number of pyridine rings is 1. The molecule has 6 nitrogen and oxygen atoms in total. The zero-order valence-corrected chi connectivity index (χ0v) is 9.25. The normalized spacial score (nSPS) is 10.2. The van der Waals surface area contributed by atoms with E-state index >= 15 is 0 Å². The number of hydrogen-bond donors (Lipinski definition) is 2. The standard InChI is InChI=1S/C12H8N6/c1-13-11-6-17-12(7-16-11)18-10-4-8-2-3-14-9(8)5-15-10/h2-7,14H,(H,15,17,18). The fraction of sp³-hybridized carbons (Fsp3) is 0. The third kappa shape index (κ3) is 1.85. The van der Waals surface area contributed by atoms with Crippen LogP contribution in [0.4, 0.5) is 17.5 Å². The number of hydrogen-bond acceptors (Lipinski definition) is 4. The smallest absolute Gasteiger partial charge is 0.288 e. The molecule has 0 spiro atoms. The first kappa shape index (κ1) is 10.2. The first-order valence-corrected chi connectivity index (χ1v) is 5.25. The van der Waals surface area contributed by atoms with Crippen LogP contribution in [0, 0.1) is 6.57 Å². The van der Waals surface area contributed by atoms with Crippen LogP contribution in [0.5, 0.6) is 0 Å². The highest BCUT2D eigenvalue weighted by atomic mass is 15.1. The number of nitrogens with zero attached hydrogens (tertiary/aromatic N) is 4. The van der Waals surface area contributed by atoms with E-state index in [1.165, 1.54) is 12.4 Å². The lowest BCUT2D eigenvalue weighted by molar-refractivity contribution is 1.20. The fourth-order valence-corrected chi connectivity index (χ4v) is 1.59. The second kappa shape index (κ2) is 4.14. The molecule has 86 valence electrons. The van der Waals surface area contributed by atoms with E-state index in [4.69, 9.17) is 6.57 Å². The summed E-state index contributed by atoms with van der Waals surface area (Å²) >= 11 is 0. The minimum Gasteiger partial charge on any atom is -0.360 e. The molecule has 3 rings (SSSR count). The Morgan fingerprint density at radius 1 is 1.11 bits per heavy atom. The summed E-state index contributed by atoms with van der Waals surface area (Å²) in [6, 6.07) is 3.88. The van der Waals surface area contributed by atoms with Gasteiger partial charge in [-0.05, 0) is 12.1 Å². The van der Waals surface area contributed by atoms with Crippen molar-refractivity contribution in [2.45, 2.75) is 0 Å². The Morgan fingerprint density at radius 3 is 2.78 bits per heavy atom. The molecule has 3 aromatic heterocycles. The number of rotatable bonds is 2. The lowest BCUT2D eigenvalue weighted by atomic mass is 10.3. The summed E-state index contributed by atoms with van der Waals surface area (Å²) in [7, 11) is 0. The molecule has 0 aliphatic carbocycles. The average Bonchev–Trinajstić information content (AvgIpc) is 2.87. The Balaban J connectivity index is 1.88. The first-order valence-electron chi connectivity index (χ1n) is 5.25. The maximum absolute atomic E-state index is 6.79. The molecule has 0 radical (unpaired) electrons. The zero-order chi connectivity index (χ0) is 12.4. The van der Waals surface area contributed by atoms with Crippen LogP contribution in [-0.2, 0) is 0 Å². The fourth-order valence-electron chi connectivity index (χ4n) is 1.59. The molecule has 2 N–H and O–H groups in total. The molecule has 0 aromatic carbocycles. The lowest BCUT2D eigenvalue weighted by Gasteiger charge is -2.02. The quantitative estimate of drug-likeness (QED) is 0.671. The van der Waals surface area contributed by atoms with E-state index in [9.17, 15) is 0 Å². The number of anilines is 2. The molecule has 0 aliphatic heterocycles. The molecule has 18 heavy (non-hydrogen) atoms. The SMILES string of the molecule is [C-]#[N+]c1cnc(Nc2cc3cc[nH]c3cn2)cn1. The van der Waals surface area contributed by atoms with Gasteiger partial charge in [-0.25, -0.2) is 9.97 Å². The summed E-state index contributed by atoms with van der Waals surface area (Å²) in [6.45, 7) is 6.79. The maximum Gasteiger partial charge on any atom is 0.288 e. The molecular formula is C12H8N6. The van der Waals surface area contributed by atoms with Crippen molar-refractivity contribution in [1.82, 2.24) is 19.9 Å². The molecule has 0 saturated heterocycles. The van der Waals surface area contributed by atoms with Gasteiger partial charge in [-0.3, -0.25) is 0 Å². The van der Waals surface area contributed by atoms with E-state index in [2.05, 4.69) is 30.1 Å². The van der Waals surface area contributed by atoms with Crippen molar-refractivity contribution in [1.29, 1.82) is 0 Å². The van der Waals surface area contributed by atoms with Crippen LogP contribution in [0.3, 0.4) is 0 Å². The van der Waals surface area contributed by atoms with Crippen LogP contribution in [0.15, 0.2) is 36.9 Å². The van der Waals surface area contributed by atoms with Crippen molar-refractivity contribution in [3.05, 3.63) is 48.3 Å². The predicted octanol–water partition coefficient (Wildman–Crippen LogP) is 2.65. The van der Waals surface area contributed by atoms with Crippen LogP contribution in [0.2, 0.25) is 0 Å². The molecule has 3 heterocycles. The number of aromatic amines is 1. The molecule has 0 aliphatic rings. The Labute approximate surface area is 103 Å². The largest absolute Gasteiger partial charge is 0.360 e. The van der Waals surface area contributed by atoms with Crippen molar-refractivity contribution in [3.63, 3.8) is 0 Å². The molecule has 0 saturated carbocycles. The van der Waals surface area contributed by atoms with E-state index in [0.717, 1.165) is 10.9 Å². The number of nitrogens with one attached hydrogen (secondary N) is 2. The van der Waals surface area contributed by atoms with Gasteiger partial charge in [0.25, 0.3) is 5.82 Å².